The number of benzene rings is 2. The third-order valence-corrected chi connectivity index (χ3v) is 6.05. The Bertz CT molecular complexity index is 1140. The van der Waals surface area contributed by atoms with Gasteiger partial charge in [-0.25, -0.2) is 15.0 Å². The molecule has 148 valence electrons. The first kappa shape index (κ1) is 19.3. The summed E-state index contributed by atoms with van der Waals surface area (Å²) in [6.45, 7) is 8.32. The van der Waals surface area contributed by atoms with Crippen LogP contribution in [0.4, 0.5) is 5.69 Å². The van der Waals surface area contributed by atoms with E-state index in [-0.39, 0.29) is 0 Å². The van der Waals surface area contributed by atoms with Gasteiger partial charge in [0.1, 0.15) is 10.8 Å². The lowest BCUT2D eigenvalue weighted by molar-refractivity contribution is 0.414. The fourth-order valence-corrected chi connectivity index (χ4v) is 4.26. The Hall–Kier alpha value is -2.99. The predicted molar refractivity (Wildman–Crippen MR) is 123 cm³/mol. The number of fused-ring (bicyclic) bond motifs is 2. The van der Waals surface area contributed by atoms with E-state index >= 15 is 0 Å². The van der Waals surface area contributed by atoms with Gasteiger partial charge in [-0.05, 0) is 56.7 Å². The van der Waals surface area contributed by atoms with E-state index in [4.69, 9.17) is 14.7 Å². The lowest BCUT2D eigenvalue weighted by Gasteiger charge is -2.22. The minimum absolute atomic E-state index is 0.695. The van der Waals surface area contributed by atoms with Crippen molar-refractivity contribution in [2.75, 3.05) is 25.1 Å². The minimum atomic E-state index is 0.695. The van der Waals surface area contributed by atoms with Crippen LogP contribution in [0.15, 0.2) is 42.5 Å². The first-order chi connectivity index (χ1) is 14.1. The van der Waals surface area contributed by atoms with Crippen LogP contribution in [0.3, 0.4) is 0 Å². The molecule has 0 unspecified atom stereocenters. The van der Waals surface area contributed by atoms with Gasteiger partial charge in [-0.1, -0.05) is 23.5 Å². The topological polar surface area (TPSA) is 51.1 Å². The Balaban J connectivity index is 1.71. The number of aromatic nitrogens is 3. The highest BCUT2D eigenvalue weighted by atomic mass is 32.1. The summed E-state index contributed by atoms with van der Waals surface area (Å²) in [4.78, 5) is 17.2. The highest BCUT2D eigenvalue weighted by molar-refractivity contribution is 7.19. The van der Waals surface area contributed by atoms with E-state index < -0.39 is 0 Å². The van der Waals surface area contributed by atoms with Gasteiger partial charge in [0, 0.05) is 30.4 Å². The van der Waals surface area contributed by atoms with E-state index in [1.54, 1.807) is 18.4 Å². The number of hydrogen-bond donors (Lipinski definition) is 0. The zero-order valence-electron chi connectivity index (χ0n) is 17.1. The molecular weight excluding hydrogens is 380 g/mol. The van der Waals surface area contributed by atoms with Crippen LogP contribution in [0.1, 0.15) is 31.3 Å². The molecule has 4 rings (SSSR count). The van der Waals surface area contributed by atoms with Crippen LogP contribution >= 0.6 is 11.3 Å². The lowest BCUT2D eigenvalue weighted by atomic mass is 10.1. The summed E-state index contributed by atoms with van der Waals surface area (Å²) < 4.78 is 5.66. The Morgan fingerprint density at radius 3 is 2.45 bits per heavy atom. The van der Waals surface area contributed by atoms with E-state index in [0.717, 1.165) is 50.8 Å². The molecule has 5 nitrogen and oxygen atoms in total. The van der Waals surface area contributed by atoms with Gasteiger partial charge in [0.05, 0.1) is 18.1 Å². The molecule has 0 amide bonds. The molecule has 0 atom stereocenters. The second-order valence-electron chi connectivity index (χ2n) is 6.79. The number of allylic oxidation sites excluding steroid dienone is 1. The van der Waals surface area contributed by atoms with Crippen LogP contribution in [0.5, 0.6) is 5.75 Å². The molecule has 0 bridgehead atoms. The molecule has 4 aromatic rings. The summed E-state index contributed by atoms with van der Waals surface area (Å²) >= 11 is 1.57. The number of para-hydroxylation sites is 2. The molecule has 2 aromatic carbocycles. The van der Waals surface area contributed by atoms with Gasteiger partial charge in [0.15, 0.2) is 10.5 Å². The van der Waals surface area contributed by atoms with Crippen LogP contribution in [-0.2, 0) is 0 Å². The summed E-state index contributed by atoms with van der Waals surface area (Å²) in [6, 6.07) is 14.2. The number of thiazole rings is 1. The maximum absolute atomic E-state index is 5.66. The van der Waals surface area contributed by atoms with Crippen LogP contribution in [0.25, 0.3) is 33.2 Å². The van der Waals surface area contributed by atoms with Gasteiger partial charge in [0.25, 0.3) is 0 Å². The molecule has 0 N–H and O–H groups in total. The minimum Gasteiger partial charge on any atom is -0.496 e. The third kappa shape index (κ3) is 3.80. The van der Waals surface area contributed by atoms with Crippen molar-refractivity contribution in [3.63, 3.8) is 0 Å². The molecule has 2 aromatic heterocycles. The molecular formula is C23H24N4OS. The first-order valence-electron chi connectivity index (χ1n) is 9.78. The molecule has 0 aliphatic heterocycles. The monoisotopic (exact) mass is 404 g/mol. The van der Waals surface area contributed by atoms with Crippen molar-refractivity contribution in [3.8, 4) is 5.75 Å². The van der Waals surface area contributed by atoms with Crippen molar-refractivity contribution in [1.82, 2.24) is 15.0 Å². The summed E-state index contributed by atoms with van der Waals surface area (Å²) in [5.74, 6) is 0.858. The third-order valence-electron chi connectivity index (χ3n) is 4.98. The number of ether oxygens (including phenoxy) is 1. The zero-order chi connectivity index (χ0) is 20.4. The smallest absolute Gasteiger partial charge is 0.190 e. The van der Waals surface area contributed by atoms with Crippen molar-refractivity contribution < 1.29 is 4.74 Å². The number of hydrogen-bond acceptors (Lipinski definition) is 6. The van der Waals surface area contributed by atoms with Gasteiger partial charge in [0.2, 0.25) is 0 Å². The standard InChI is InChI=1S/C23H24N4OS/c1-5-27(6-2)17-12-11-16(20(14-17)28-4)13-15(3)22-26-21-23(29-22)25-19-10-8-7-9-18(19)24-21/h7-14H,5-6H2,1-4H3/b15-13+. The molecule has 0 aliphatic rings. The number of anilines is 1. The van der Waals surface area contributed by atoms with Crippen LogP contribution in [0.2, 0.25) is 0 Å². The van der Waals surface area contributed by atoms with Crippen molar-refractivity contribution in [2.24, 2.45) is 0 Å². The van der Waals surface area contributed by atoms with E-state index in [1.807, 2.05) is 24.3 Å². The normalized spacial score (nSPS) is 11.9. The quantitative estimate of drug-likeness (QED) is 0.415. The molecule has 0 fully saturated rings. The van der Waals surface area contributed by atoms with E-state index in [2.05, 4.69) is 54.9 Å². The van der Waals surface area contributed by atoms with Gasteiger partial charge in [-0.2, -0.15) is 0 Å². The lowest BCUT2D eigenvalue weighted by Crippen LogP contribution is -2.21. The fourth-order valence-electron chi connectivity index (χ4n) is 3.39. The van der Waals surface area contributed by atoms with E-state index in [9.17, 15) is 0 Å². The second-order valence-corrected chi connectivity index (χ2v) is 7.76. The molecule has 6 heteroatoms. The Labute approximate surface area is 174 Å². The molecule has 0 radical (unpaired) electrons. The highest BCUT2D eigenvalue weighted by Crippen LogP contribution is 2.31. The maximum Gasteiger partial charge on any atom is 0.190 e. The molecule has 0 saturated heterocycles. The van der Waals surface area contributed by atoms with Crippen LogP contribution < -0.4 is 9.64 Å². The van der Waals surface area contributed by atoms with E-state index in [0.29, 0.717) is 5.65 Å². The van der Waals surface area contributed by atoms with E-state index in [1.165, 1.54) is 5.69 Å². The van der Waals surface area contributed by atoms with Crippen molar-refractivity contribution >= 4 is 50.2 Å². The van der Waals surface area contributed by atoms with Gasteiger partial charge >= 0.3 is 0 Å². The summed E-state index contributed by atoms with van der Waals surface area (Å²) in [5, 5.41) is 0.921. The molecule has 0 saturated carbocycles. The molecule has 0 aliphatic carbocycles. The van der Waals surface area contributed by atoms with Gasteiger partial charge < -0.3 is 9.64 Å². The first-order valence-corrected chi connectivity index (χ1v) is 10.6. The highest BCUT2D eigenvalue weighted by Gasteiger charge is 2.12. The van der Waals surface area contributed by atoms with Gasteiger partial charge in [-0.3, -0.25) is 0 Å². The fraction of sp³-hybridized carbons (Fsp3) is 0.261. The number of methoxy groups -OCH3 is 1. The summed E-state index contributed by atoms with van der Waals surface area (Å²) in [5.41, 5.74) is 5.72. The molecule has 29 heavy (non-hydrogen) atoms. The Kier molecular flexibility index (Phi) is 5.45. The van der Waals surface area contributed by atoms with Crippen molar-refractivity contribution in [1.29, 1.82) is 0 Å². The van der Waals surface area contributed by atoms with Crippen LogP contribution in [-0.4, -0.2) is 35.2 Å². The Morgan fingerprint density at radius 2 is 1.76 bits per heavy atom. The average molecular weight is 405 g/mol. The second kappa shape index (κ2) is 8.17. The number of rotatable bonds is 6. The SMILES string of the molecule is CCN(CC)c1ccc(/C=C(\C)c2nc3nc4ccccc4nc3s2)c(OC)c1. The Morgan fingerprint density at radius 1 is 1.03 bits per heavy atom. The average Bonchev–Trinajstić information content (AvgIpc) is 3.16. The predicted octanol–water partition coefficient (Wildman–Crippen LogP) is 5.65. The summed E-state index contributed by atoms with van der Waals surface area (Å²) in [6.07, 6.45) is 2.11. The van der Waals surface area contributed by atoms with Gasteiger partial charge in [-0.15, -0.1) is 0 Å². The zero-order valence-corrected chi connectivity index (χ0v) is 18.0. The largest absolute Gasteiger partial charge is 0.496 e. The maximum atomic E-state index is 5.66. The number of nitrogens with zero attached hydrogens (tertiary/aromatic N) is 4. The summed E-state index contributed by atoms with van der Waals surface area (Å²) in [7, 11) is 1.71. The molecule has 2 heterocycles. The molecule has 0 spiro atoms. The van der Waals surface area contributed by atoms with Crippen molar-refractivity contribution in [3.05, 3.63) is 53.0 Å². The van der Waals surface area contributed by atoms with Crippen LogP contribution in [0, 0.1) is 0 Å². The van der Waals surface area contributed by atoms with Crippen molar-refractivity contribution in [2.45, 2.75) is 20.8 Å².